The first kappa shape index (κ1) is 12.0. The Bertz CT molecular complexity index is 540. The van der Waals surface area contributed by atoms with Crippen molar-refractivity contribution in [3.05, 3.63) is 35.0 Å². The van der Waals surface area contributed by atoms with Crippen molar-refractivity contribution in [2.75, 3.05) is 7.05 Å². The van der Waals surface area contributed by atoms with E-state index in [0.29, 0.717) is 11.9 Å². The topological polar surface area (TPSA) is 27.8 Å². The molecular formula is C12H13F3N2. The van der Waals surface area contributed by atoms with Gasteiger partial charge < -0.3 is 10.3 Å². The number of aryl methyl sites for hydroxylation is 1. The Hall–Kier alpha value is -1.49. The number of halogens is 3. The summed E-state index contributed by atoms with van der Waals surface area (Å²) in [7, 11) is 1.76. The van der Waals surface area contributed by atoms with Crippen LogP contribution in [0, 0.1) is 6.92 Å². The molecule has 2 rings (SSSR count). The Kier molecular flexibility index (Phi) is 2.87. The van der Waals surface area contributed by atoms with E-state index in [1.807, 2.05) is 6.92 Å². The van der Waals surface area contributed by atoms with Gasteiger partial charge in [-0.05, 0) is 25.6 Å². The number of alkyl halides is 3. The van der Waals surface area contributed by atoms with Crippen LogP contribution >= 0.6 is 0 Å². The van der Waals surface area contributed by atoms with Crippen LogP contribution in [0.4, 0.5) is 13.2 Å². The third-order valence-electron chi connectivity index (χ3n) is 2.86. The molecule has 92 valence electrons. The summed E-state index contributed by atoms with van der Waals surface area (Å²) in [6, 6.07) is 4.24. The zero-order valence-electron chi connectivity index (χ0n) is 9.57. The Morgan fingerprint density at radius 1 is 1.29 bits per heavy atom. The van der Waals surface area contributed by atoms with E-state index in [9.17, 15) is 13.2 Å². The van der Waals surface area contributed by atoms with Crippen molar-refractivity contribution in [3.8, 4) is 0 Å². The third kappa shape index (κ3) is 2.02. The minimum Gasteiger partial charge on any atom is -0.357 e. The number of nitrogens with one attached hydrogen (secondary N) is 2. The molecule has 0 aliphatic rings. The maximum absolute atomic E-state index is 12.8. The van der Waals surface area contributed by atoms with Crippen LogP contribution in [-0.4, -0.2) is 12.0 Å². The fourth-order valence-corrected chi connectivity index (χ4v) is 2.00. The summed E-state index contributed by atoms with van der Waals surface area (Å²) in [5, 5.41) is 3.56. The van der Waals surface area contributed by atoms with E-state index >= 15 is 0 Å². The summed E-state index contributed by atoms with van der Waals surface area (Å²) in [6.45, 7) is 2.35. The molecule has 0 saturated carbocycles. The summed E-state index contributed by atoms with van der Waals surface area (Å²) in [4.78, 5) is 2.86. The van der Waals surface area contributed by atoms with Gasteiger partial charge in [-0.1, -0.05) is 12.1 Å². The van der Waals surface area contributed by atoms with Gasteiger partial charge in [0.15, 0.2) is 0 Å². The second kappa shape index (κ2) is 4.07. The summed E-state index contributed by atoms with van der Waals surface area (Å²) in [5.41, 5.74) is 1.21. The van der Waals surface area contributed by atoms with Crippen LogP contribution in [0.25, 0.3) is 10.9 Å². The largest absolute Gasteiger partial charge is 0.418 e. The first-order valence-electron chi connectivity index (χ1n) is 5.27. The van der Waals surface area contributed by atoms with Crippen molar-refractivity contribution in [1.82, 2.24) is 10.3 Å². The smallest absolute Gasteiger partial charge is 0.357 e. The second-order valence-electron chi connectivity index (χ2n) is 3.98. The number of hydrogen-bond acceptors (Lipinski definition) is 1. The van der Waals surface area contributed by atoms with Crippen molar-refractivity contribution < 1.29 is 13.2 Å². The molecule has 0 spiro atoms. The van der Waals surface area contributed by atoms with Gasteiger partial charge in [-0.25, -0.2) is 0 Å². The minimum absolute atomic E-state index is 0.169. The highest BCUT2D eigenvalue weighted by molar-refractivity contribution is 5.87. The molecule has 0 aliphatic heterocycles. The van der Waals surface area contributed by atoms with Crippen LogP contribution in [0.1, 0.15) is 16.8 Å². The molecule has 0 unspecified atom stereocenters. The van der Waals surface area contributed by atoms with Crippen LogP contribution in [0.5, 0.6) is 0 Å². The molecule has 0 atom stereocenters. The number of hydrogen-bond donors (Lipinski definition) is 2. The van der Waals surface area contributed by atoms with Gasteiger partial charge in [0, 0.05) is 17.6 Å². The van der Waals surface area contributed by atoms with Gasteiger partial charge in [0.2, 0.25) is 0 Å². The molecule has 1 aromatic carbocycles. The molecule has 1 heterocycles. The third-order valence-corrected chi connectivity index (χ3v) is 2.86. The fraction of sp³-hybridized carbons (Fsp3) is 0.333. The SMILES string of the molecule is CNCc1[nH]c2c(C(F)(F)F)cccc2c1C. The van der Waals surface area contributed by atoms with Gasteiger partial charge in [-0.3, -0.25) is 0 Å². The average molecular weight is 242 g/mol. The molecule has 0 aliphatic carbocycles. The van der Waals surface area contributed by atoms with Crippen molar-refractivity contribution in [2.24, 2.45) is 0 Å². The predicted octanol–water partition coefficient (Wildman–Crippen LogP) is 3.21. The molecule has 0 radical (unpaired) electrons. The zero-order chi connectivity index (χ0) is 12.6. The molecular weight excluding hydrogens is 229 g/mol. The predicted molar refractivity (Wildman–Crippen MR) is 60.8 cm³/mol. The molecule has 0 saturated heterocycles. The quantitative estimate of drug-likeness (QED) is 0.831. The highest BCUT2D eigenvalue weighted by Gasteiger charge is 2.33. The van der Waals surface area contributed by atoms with E-state index in [1.54, 1.807) is 13.1 Å². The van der Waals surface area contributed by atoms with E-state index in [2.05, 4.69) is 10.3 Å². The number of H-pyrrole nitrogens is 1. The lowest BCUT2D eigenvalue weighted by atomic mass is 10.1. The van der Waals surface area contributed by atoms with Gasteiger partial charge in [0.1, 0.15) is 0 Å². The molecule has 5 heteroatoms. The molecule has 2 N–H and O–H groups in total. The standard InChI is InChI=1S/C12H13F3N2/c1-7-8-4-3-5-9(12(13,14)15)11(8)17-10(7)6-16-2/h3-5,16-17H,6H2,1-2H3. The minimum atomic E-state index is -4.33. The monoisotopic (exact) mass is 242 g/mol. The maximum atomic E-state index is 12.8. The van der Waals surface area contributed by atoms with E-state index < -0.39 is 11.7 Å². The summed E-state index contributed by atoms with van der Waals surface area (Å²) < 4.78 is 38.4. The van der Waals surface area contributed by atoms with Crippen LogP contribution in [0.15, 0.2) is 18.2 Å². The average Bonchev–Trinajstić information content (AvgIpc) is 2.55. The normalized spacial score (nSPS) is 12.3. The maximum Gasteiger partial charge on any atom is 0.418 e. The van der Waals surface area contributed by atoms with E-state index in [0.717, 1.165) is 17.3 Å². The molecule has 2 nitrogen and oxygen atoms in total. The summed E-state index contributed by atoms with van der Waals surface area (Å²) >= 11 is 0. The van der Waals surface area contributed by atoms with E-state index in [1.165, 1.54) is 6.07 Å². The second-order valence-corrected chi connectivity index (χ2v) is 3.98. The van der Waals surface area contributed by atoms with Gasteiger partial charge in [0.25, 0.3) is 0 Å². The molecule has 1 aromatic heterocycles. The lowest BCUT2D eigenvalue weighted by molar-refractivity contribution is -0.136. The number of fused-ring (bicyclic) bond motifs is 1. The molecule has 0 amide bonds. The Morgan fingerprint density at radius 2 is 2.00 bits per heavy atom. The Labute approximate surface area is 96.8 Å². The van der Waals surface area contributed by atoms with Gasteiger partial charge in [-0.2, -0.15) is 13.2 Å². The first-order chi connectivity index (χ1) is 7.95. The van der Waals surface area contributed by atoms with Crippen LogP contribution in [0.2, 0.25) is 0 Å². The highest BCUT2D eigenvalue weighted by Crippen LogP contribution is 2.35. The molecule has 0 bridgehead atoms. The molecule has 0 fully saturated rings. The number of aromatic nitrogens is 1. The van der Waals surface area contributed by atoms with Crippen molar-refractivity contribution in [2.45, 2.75) is 19.6 Å². The molecule has 2 aromatic rings. The number of para-hydroxylation sites is 1. The summed E-state index contributed by atoms with van der Waals surface area (Å²) in [5.74, 6) is 0. The van der Waals surface area contributed by atoms with Crippen LogP contribution in [-0.2, 0) is 12.7 Å². The number of benzene rings is 1. The van der Waals surface area contributed by atoms with Crippen LogP contribution in [0.3, 0.4) is 0 Å². The van der Waals surface area contributed by atoms with E-state index in [4.69, 9.17) is 0 Å². The molecule has 17 heavy (non-hydrogen) atoms. The fourth-order valence-electron chi connectivity index (χ4n) is 2.00. The Morgan fingerprint density at radius 3 is 2.59 bits per heavy atom. The zero-order valence-corrected chi connectivity index (χ0v) is 9.57. The first-order valence-corrected chi connectivity index (χ1v) is 5.27. The van der Waals surface area contributed by atoms with Crippen molar-refractivity contribution >= 4 is 10.9 Å². The lowest BCUT2D eigenvalue weighted by Crippen LogP contribution is -2.07. The van der Waals surface area contributed by atoms with Crippen molar-refractivity contribution in [3.63, 3.8) is 0 Å². The summed E-state index contributed by atoms with van der Waals surface area (Å²) in [6.07, 6.45) is -4.33. The van der Waals surface area contributed by atoms with Gasteiger partial charge >= 0.3 is 6.18 Å². The number of rotatable bonds is 2. The van der Waals surface area contributed by atoms with E-state index in [-0.39, 0.29) is 5.52 Å². The Balaban J connectivity index is 2.69. The highest BCUT2D eigenvalue weighted by atomic mass is 19.4. The van der Waals surface area contributed by atoms with Crippen LogP contribution < -0.4 is 5.32 Å². The van der Waals surface area contributed by atoms with Gasteiger partial charge in [0.05, 0.1) is 11.1 Å². The van der Waals surface area contributed by atoms with Gasteiger partial charge in [-0.15, -0.1) is 0 Å². The number of aromatic amines is 1. The van der Waals surface area contributed by atoms with Crippen molar-refractivity contribution in [1.29, 1.82) is 0 Å². The lowest BCUT2D eigenvalue weighted by Gasteiger charge is -2.07.